The Morgan fingerprint density at radius 3 is 2.73 bits per heavy atom. The molecule has 0 aliphatic heterocycles. The van der Waals surface area contributed by atoms with Gasteiger partial charge in [-0.25, -0.2) is 4.39 Å². The van der Waals surface area contributed by atoms with Gasteiger partial charge in [0.05, 0.1) is 10.6 Å². The summed E-state index contributed by atoms with van der Waals surface area (Å²) in [5.74, 6) is 0.934. The summed E-state index contributed by atoms with van der Waals surface area (Å²) in [5.41, 5.74) is 1.72. The van der Waals surface area contributed by atoms with E-state index in [2.05, 4.69) is 11.1 Å². The molecular formula is C21H15FN2OS. The van der Waals surface area contributed by atoms with Gasteiger partial charge in [0.1, 0.15) is 11.8 Å². The molecule has 1 heterocycles. The fourth-order valence-electron chi connectivity index (χ4n) is 2.22. The number of thioether (sulfide) groups is 1. The molecule has 3 aromatic rings. The first-order valence-corrected chi connectivity index (χ1v) is 8.90. The van der Waals surface area contributed by atoms with Crippen molar-refractivity contribution in [3.05, 3.63) is 94.9 Å². The minimum absolute atomic E-state index is 0.185. The summed E-state index contributed by atoms with van der Waals surface area (Å²) in [5, 5.41) is 9.31. The van der Waals surface area contributed by atoms with Crippen LogP contribution in [0, 0.1) is 17.1 Å². The molecule has 0 amide bonds. The van der Waals surface area contributed by atoms with Crippen molar-refractivity contribution in [2.24, 2.45) is 0 Å². The molecule has 1 aromatic heterocycles. The Labute approximate surface area is 155 Å². The fourth-order valence-corrected chi connectivity index (χ4v) is 2.99. The third-order valence-corrected chi connectivity index (χ3v) is 4.43. The molecule has 0 fully saturated rings. The normalized spacial score (nSPS) is 11.0. The molecule has 0 unspecified atom stereocenters. The Morgan fingerprint density at radius 2 is 1.96 bits per heavy atom. The van der Waals surface area contributed by atoms with Gasteiger partial charge < -0.3 is 4.74 Å². The van der Waals surface area contributed by atoms with Crippen molar-refractivity contribution < 1.29 is 9.13 Å². The number of ether oxygens (including phenoxy) is 1. The minimum Gasteiger partial charge on any atom is -0.454 e. The quantitative estimate of drug-likeness (QED) is 0.519. The third kappa shape index (κ3) is 4.95. The molecule has 0 aliphatic carbocycles. The van der Waals surface area contributed by atoms with Crippen molar-refractivity contribution in [3.63, 3.8) is 0 Å². The Hall–Kier alpha value is -3.10. The molecule has 128 valence electrons. The van der Waals surface area contributed by atoms with Gasteiger partial charge in [-0.3, -0.25) is 4.98 Å². The molecule has 3 nitrogen and oxygen atoms in total. The Kier molecular flexibility index (Phi) is 6.02. The molecule has 0 aliphatic rings. The maximum absolute atomic E-state index is 13.7. The number of para-hydroxylation sites is 1. The first kappa shape index (κ1) is 17.7. The van der Waals surface area contributed by atoms with Crippen LogP contribution in [0.15, 0.2) is 77.8 Å². The maximum atomic E-state index is 13.7. The second kappa shape index (κ2) is 8.84. The number of rotatable bonds is 6. The lowest BCUT2D eigenvalue weighted by Gasteiger charge is -2.08. The minimum atomic E-state index is -0.405. The van der Waals surface area contributed by atoms with Gasteiger partial charge in [-0.15, -0.1) is 11.8 Å². The first-order valence-electron chi connectivity index (χ1n) is 7.91. The lowest BCUT2D eigenvalue weighted by atomic mass is 10.2. The van der Waals surface area contributed by atoms with Crippen molar-refractivity contribution >= 4 is 17.8 Å². The van der Waals surface area contributed by atoms with E-state index in [4.69, 9.17) is 4.74 Å². The molecule has 0 spiro atoms. The van der Waals surface area contributed by atoms with E-state index in [9.17, 15) is 9.65 Å². The number of benzene rings is 2. The van der Waals surface area contributed by atoms with Crippen LogP contribution >= 0.6 is 11.8 Å². The molecular weight excluding hydrogens is 347 g/mol. The fraction of sp³-hybridized carbons (Fsp3) is 0.0476. The molecule has 0 bridgehead atoms. The highest BCUT2D eigenvalue weighted by molar-refractivity contribution is 8.02. The molecule has 5 heteroatoms. The van der Waals surface area contributed by atoms with Crippen LogP contribution in [0.1, 0.15) is 11.3 Å². The summed E-state index contributed by atoms with van der Waals surface area (Å²) in [4.78, 5) is 4.77. The van der Waals surface area contributed by atoms with Crippen LogP contribution in [-0.4, -0.2) is 4.98 Å². The number of pyridine rings is 1. The van der Waals surface area contributed by atoms with Gasteiger partial charge in [0.15, 0.2) is 11.6 Å². The number of hydrogen-bond acceptors (Lipinski definition) is 4. The predicted molar refractivity (Wildman–Crippen MR) is 102 cm³/mol. The topological polar surface area (TPSA) is 45.9 Å². The van der Waals surface area contributed by atoms with Gasteiger partial charge in [0.2, 0.25) is 0 Å². The molecule has 26 heavy (non-hydrogen) atoms. The summed E-state index contributed by atoms with van der Waals surface area (Å²) in [6.07, 6.45) is 3.44. The highest BCUT2D eigenvalue weighted by atomic mass is 32.2. The maximum Gasteiger partial charge on any atom is 0.165 e. The van der Waals surface area contributed by atoms with E-state index in [0.717, 1.165) is 11.3 Å². The molecule has 0 N–H and O–H groups in total. The van der Waals surface area contributed by atoms with Crippen LogP contribution < -0.4 is 4.74 Å². The van der Waals surface area contributed by atoms with Gasteiger partial charge >= 0.3 is 0 Å². The Bertz CT molecular complexity index is 951. The highest BCUT2D eigenvalue weighted by Crippen LogP contribution is 2.28. The second-order valence-corrected chi connectivity index (χ2v) is 6.36. The lowest BCUT2D eigenvalue weighted by Crippen LogP contribution is -1.89. The smallest absolute Gasteiger partial charge is 0.165 e. The van der Waals surface area contributed by atoms with Crippen molar-refractivity contribution in [2.75, 3.05) is 0 Å². The first-order chi connectivity index (χ1) is 12.7. The number of allylic oxidation sites excluding steroid dienone is 1. The monoisotopic (exact) mass is 362 g/mol. The van der Waals surface area contributed by atoms with E-state index in [1.807, 2.05) is 36.4 Å². The van der Waals surface area contributed by atoms with E-state index < -0.39 is 5.82 Å². The van der Waals surface area contributed by atoms with Crippen LogP contribution in [-0.2, 0) is 5.75 Å². The summed E-state index contributed by atoms with van der Waals surface area (Å²) in [7, 11) is 0. The lowest BCUT2D eigenvalue weighted by molar-refractivity contribution is 0.442. The van der Waals surface area contributed by atoms with E-state index >= 15 is 0 Å². The molecule has 0 radical (unpaired) electrons. The molecule has 3 rings (SSSR count). The second-order valence-electron chi connectivity index (χ2n) is 5.34. The number of nitriles is 1. The van der Waals surface area contributed by atoms with E-state index in [0.29, 0.717) is 16.4 Å². The SMILES string of the molecule is N#CC(=Cc1ccccn1)SCc1cccc(Oc2ccccc2F)c1. The third-order valence-electron chi connectivity index (χ3n) is 3.43. The van der Waals surface area contributed by atoms with Gasteiger partial charge in [0.25, 0.3) is 0 Å². The van der Waals surface area contributed by atoms with E-state index in [1.54, 1.807) is 36.5 Å². The average molecular weight is 362 g/mol. The summed E-state index contributed by atoms with van der Waals surface area (Å²) in [6.45, 7) is 0. The average Bonchev–Trinajstić information content (AvgIpc) is 2.68. The zero-order valence-corrected chi connectivity index (χ0v) is 14.6. The molecule has 0 saturated heterocycles. The van der Waals surface area contributed by atoms with Crippen LogP contribution in [0.3, 0.4) is 0 Å². The Morgan fingerprint density at radius 1 is 1.12 bits per heavy atom. The number of halogens is 1. The standard InChI is InChI=1S/C21H15FN2OS/c22-20-9-1-2-10-21(20)25-18-8-5-6-16(12-18)15-26-19(14-23)13-17-7-3-4-11-24-17/h1-13H,15H2. The summed E-state index contributed by atoms with van der Waals surface area (Å²) >= 11 is 1.42. The van der Waals surface area contributed by atoms with Gasteiger partial charge in [-0.05, 0) is 48.0 Å². The van der Waals surface area contributed by atoms with Crippen LogP contribution in [0.25, 0.3) is 6.08 Å². The van der Waals surface area contributed by atoms with Crippen molar-refractivity contribution in [1.82, 2.24) is 4.98 Å². The number of hydrogen-bond donors (Lipinski definition) is 0. The molecule has 0 atom stereocenters. The zero-order valence-electron chi connectivity index (χ0n) is 13.8. The largest absolute Gasteiger partial charge is 0.454 e. The van der Waals surface area contributed by atoms with Crippen molar-refractivity contribution in [2.45, 2.75) is 5.75 Å². The predicted octanol–water partition coefficient (Wildman–Crippen LogP) is 5.81. The summed E-state index contributed by atoms with van der Waals surface area (Å²) < 4.78 is 19.3. The van der Waals surface area contributed by atoms with Gasteiger partial charge in [-0.1, -0.05) is 30.3 Å². The molecule has 2 aromatic carbocycles. The zero-order chi connectivity index (χ0) is 18.2. The van der Waals surface area contributed by atoms with Crippen LogP contribution in [0.2, 0.25) is 0 Å². The number of nitrogens with zero attached hydrogens (tertiary/aromatic N) is 2. The number of aromatic nitrogens is 1. The van der Waals surface area contributed by atoms with Crippen LogP contribution in [0.5, 0.6) is 11.5 Å². The van der Waals surface area contributed by atoms with Gasteiger partial charge in [-0.2, -0.15) is 5.26 Å². The van der Waals surface area contributed by atoms with E-state index in [-0.39, 0.29) is 5.75 Å². The van der Waals surface area contributed by atoms with Crippen LogP contribution in [0.4, 0.5) is 4.39 Å². The highest BCUT2D eigenvalue weighted by Gasteiger charge is 2.05. The van der Waals surface area contributed by atoms with Gasteiger partial charge in [0, 0.05) is 11.9 Å². The van der Waals surface area contributed by atoms with E-state index in [1.165, 1.54) is 17.8 Å². The Balaban J connectivity index is 1.68. The summed E-state index contributed by atoms with van der Waals surface area (Å²) in [6, 6.07) is 21.4. The molecule has 0 saturated carbocycles. The van der Waals surface area contributed by atoms with Crippen molar-refractivity contribution in [1.29, 1.82) is 5.26 Å². The van der Waals surface area contributed by atoms with Crippen molar-refractivity contribution in [3.8, 4) is 17.6 Å².